The topological polar surface area (TPSA) is 32.3 Å². The number of nitrogens with one attached hydrogen (secondary N) is 1. The summed E-state index contributed by atoms with van der Waals surface area (Å²) in [6, 6.07) is 3.43. The van der Waals surface area contributed by atoms with E-state index in [0.29, 0.717) is 18.5 Å². The predicted molar refractivity (Wildman–Crippen MR) is 49.9 cm³/mol. The number of rotatable bonds is 4. The Balaban J connectivity index is 2.70. The van der Waals surface area contributed by atoms with Crippen molar-refractivity contribution in [3.8, 4) is 0 Å². The van der Waals surface area contributed by atoms with Crippen LogP contribution in [0, 0.1) is 11.6 Å². The average molecular weight is 201 g/mol. The first kappa shape index (κ1) is 11.1. The van der Waals surface area contributed by atoms with Gasteiger partial charge < -0.3 is 10.4 Å². The fourth-order valence-corrected chi connectivity index (χ4v) is 1.17. The molecule has 0 aliphatic carbocycles. The zero-order valence-corrected chi connectivity index (χ0v) is 7.93. The Morgan fingerprint density at radius 3 is 2.64 bits per heavy atom. The second kappa shape index (κ2) is 5.02. The van der Waals surface area contributed by atoms with Crippen molar-refractivity contribution in [2.45, 2.75) is 12.5 Å². The van der Waals surface area contributed by atoms with Crippen molar-refractivity contribution in [3.05, 3.63) is 35.4 Å². The summed E-state index contributed by atoms with van der Waals surface area (Å²) in [7, 11) is 1.76. The van der Waals surface area contributed by atoms with E-state index in [-0.39, 0.29) is 0 Å². The number of aliphatic hydroxyl groups is 1. The molecule has 2 nitrogen and oxygen atoms in total. The molecule has 1 atom stereocenters. The van der Waals surface area contributed by atoms with Crippen LogP contribution in [0.5, 0.6) is 0 Å². The third-order valence-electron chi connectivity index (χ3n) is 2.00. The third-order valence-corrected chi connectivity index (χ3v) is 2.00. The predicted octanol–water partition coefficient (Wildman–Crippen LogP) is 1.61. The van der Waals surface area contributed by atoms with E-state index in [0.717, 1.165) is 12.1 Å². The summed E-state index contributed by atoms with van der Waals surface area (Å²) in [6.07, 6.45) is -0.278. The summed E-state index contributed by atoms with van der Waals surface area (Å²) >= 11 is 0. The summed E-state index contributed by atoms with van der Waals surface area (Å²) in [5, 5.41) is 12.4. The third kappa shape index (κ3) is 2.75. The Morgan fingerprint density at radius 2 is 2.07 bits per heavy atom. The summed E-state index contributed by atoms with van der Waals surface area (Å²) in [5.74, 6) is -1.82. The first-order valence-electron chi connectivity index (χ1n) is 4.42. The molecular weight excluding hydrogens is 188 g/mol. The van der Waals surface area contributed by atoms with E-state index >= 15 is 0 Å². The van der Waals surface area contributed by atoms with Gasteiger partial charge in [0, 0.05) is 0 Å². The highest BCUT2D eigenvalue weighted by molar-refractivity contribution is 5.19. The van der Waals surface area contributed by atoms with Gasteiger partial charge in [-0.3, -0.25) is 0 Å². The van der Waals surface area contributed by atoms with E-state index in [1.807, 2.05) is 0 Å². The highest BCUT2D eigenvalue weighted by Gasteiger charge is 2.09. The van der Waals surface area contributed by atoms with Gasteiger partial charge >= 0.3 is 0 Å². The molecule has 0 saturated heterocycles. The summed E-state index contributed by atoms with van der Waals surface area (Å²) < 4.78 is 25.3. The first-order chi connectivity index (χ1) is 6.65. The Kier molecular flexibility index (Phi) is 3.98. The van der Waals surface area contributed by atoms with E-state index in [9.17, 15) is 13.9 Å². The molecule has 1 unspecified atom stereocenters. The van der Waals surface area contributed by atoms with E-state index < -0.39 is 17.7 Å². The lowest BCUT2D eigenvalue weighted by molar-refractivity contribution is 0.167. The number of benzene rings is 1. The van der Waals surface area contributed by atoms with Crippen molar-refractivity contribution in [3.63, 3.8) is 0 Å². The number of hydrogen-bond acceptors (Lipinski definition) is 2. The van der Waals surface area contributed by atoms with E-state index in [2.05, 4.69) is 5.32 Å². The highest BCUT2D eigenvalue weighted by Crippen LogP contribution is 2.18. The molecule has 1 aromatic rings. The van der Waals surface area contributed by atoms with Crippen LogP contribution >= 0.6 is 0 Å². The first-order valence-corrected chi connectivity index (χ1v) is 4.42. The molecule has 0 aliphatic heterocycles. The molecule has 0 fully saturated rings. The largest absolute Gasteiger partial charge is 0.388 e. The summed E-state index contributed by atoms with van der Waals surface area (Å²) in [6.45, 7) is 0.625. The van der Waals surface area contributed by atoms with Crippen LogP contribution in [0.1, 0.15) is 18.1 Å². The van der Waals surface area contributed by atoms with Crippen LogP contribution < -0.4 is 5.32 Å². The molecule has 4 heteroatoms. The molecule has 2 N–H and O–H groups in total. The van der Waals surface area contributed by atoms with Crippen LogP contribution in [0.15, 0.2) is 18.2 Å². The minimum absolute atomic E-state index is 0.402. The maximum Gasteiger partial charge on any atom is 0.159 e. The minimum Gasteiger partial charge on any atom is -0.388 e. The van der Waals surface area contributed by atoms with Gasteiger partial charge in [0.1, 0.15) is 0 Å². The molecule has 0 radical (unpaired) electrons. The zero-order chi connectivity index (χ0) is 10.6. The van der Waals surface area contributed by atoms with Gasteiger partial charge in [-0.1, -0.05) is 6.07 Å². The Labute approximate surface area is 81.6 Å². The lowest BCUT2D eigenvalue weighted by Gasteiger charge is -2.10. The van der Waals surface area contributed by atoms with Gasteiger partial charge in [0.05, 0.1) is 6.10 Å². The molecule has 0 aliphatic rings. The van der Waals surface area contributed by atoms with Gasteiger partial charge in [-0.2, -0.15) is 0 Å². The molecular formula is C10H13F2NO. The van der Waals surface area contributed by atoms with Crippen molar-refractivity contribution < 1.29 is 13.9 Å². The maximum absolute atomic E-state index is 12.8. The molecule has 78 valence electrons. The van der Waals surface area contributed by atoms with E-state index in [1.54, 1.807) is 7.05 Å². The molecule has 0 aromatic heterocycles. The number of hydrogen-bond donors (Lipinski definition) is 2. The SMILES string of the molecule is CNCCC(O)c1ccc(F)c(F)c1. The van der Waals surface area contributed by atoms with Crippen LogP contribution in [0.25, 0.3) is 0 Å². The smallest absolute Gasteiger partial charge is 0.159 e. The fourth-order valence-electron chi connectivity index (χ4n) is 1.17. The van der Waals surface area contributed by atoms with Crippen LogP contribution in [0.3, 0.4) is 0 Å². The van der Waals surface area contributed by atoms with Gasteiger partial charge in [-0.05, 0) is 37.7 Å². The Hall–Kier alpha value is -1.00. The quantitative estimate of drug-likeness (QED) is 0.775. The molecule has 14 heavy (non-hydrogen) atoms. The van der Waals surface area contributed by atoms with Crippen LogP contribution in [-0.4, -0.2) is 18.7 Å². The zero-order valence-electron chi connectivity index (χ0n) is 7.93. The molecule has 0 heterocycles. The molecule has 0 amide bonds. The number of halogens is 2. The Morgan fingerprint density at radius 1 is 1.36 bits per heavy atom. The maximum atomic E-state index is 12.8. The molecule has 0 spiro atoms. The van der Waals surface area contributed by atoms with E-state index in [4.69, 9.17) is 0 Å². The molecule has 0 saturated carbocycles. The second-order valence-electron chi connectivity index (χ2n) is 3.08. The molecule has 1 aromatic carbocycles. The van der Waals surface area contributed by atoms with Gasteiger partial charge in [-0.15, -0.1) is 0 Å². The second-order valence-corrected chi connectivity index (χ2v) is 3.08. The van der Waals surface area contributed by atoms with Crippen LogP contribution in [-0.2, 0) is 0 Å². The lowest BCUT2D eigenvalue weighted by Crippen LogP contribution is -2.12. The summed E-state index contributed by atoms with van der Waals surface area (Å²) in [4.78, 5) is 0. The fraction of sp³-hybridized carbons (Fsp3) is 0.400. The molecule has 0 bridgehead atoms. The van der Waals surface area contributed by atoms with Gasteiger partial charge in [0.25, 0.3) is 0 Å². The van der Waals surface area contributed by atoms with Crippen molar-refractivity contribution in [1.29, 1.82) is 0 Å². The monoisotopic (exact) mass is 201 g/mol. The standard InChI is InChI=1S/C10H13F2NO/c1-13-5-4-10(14)7-2-3-8(11)9(12)6-7/h2-3,6,10,13-14H,4-5H2,1H3. The lowest BCUT2D eigenvalue weighted by atomic mass is 10.1. The molecule has 1 rings (SSSR count). The average Bonchev–Trinajstić information content (AvgIpc) is 2.18. The van der Waals surface area contributed by atoms with Crippen molar-refractivity contribution in [1.82, 2.24) is 5.32 Å². The highest BCUT2D eigenvalue weighted by atomic mass is 19.2. The van der Waals surface area contributed by atoms with Crippen LogP contribution in [0.2, 0.25) is 0 Å². The van der Waals surface area contributed by atoms with Gasteiger partial charge in [0.15, 0.2) is 11.6 Å². The van der Waals surface area contributed by atoms with Crippen molar-refractivity contribution >= 4 is 0 Å². The Bertz CT molecular complexity index is 304. The normalized spacial score (nSPS) is 12.9. The van der Waals surface area contributed by atoms with E-state index in [1.165, 1.54) is 6.07 Å². The van der Waals surface area contributed by atoms with Gasteiger partial charge in [0.2, 0.25) is 0 Å². The summed E-state index contributed by atoms with van der Waals surface area (Å²) in [5.41, 5.74) is 0.402. The number of aliphatic hydroxyl groups excluding tert-OH is 1. The van der Waals surface area contributed by atoms with Crippen LogP contribution in [0.4, 0.5) is 8.78 Å². The van der Waals surface area contributed by atoms with Gasteiger partial charge in [-0.25, -0.2) is 8.78 Å². The minimum atomic E-state index is -0.925. The van der Waals surface area contributed by atoms with Crippen molar-refractivity contribution in [2.75, 3.05) is 13.6 Å². The van der Waals surface area contributed by atoms with Crippen molar-refractivity contribution in [2.24, 2.45) is 0 Å².